The molecule has 0 fully saturated rings. The largest absolute Gasteiger partial charge is 0.417 e. The minimum absolute atomic E-state index is 0.0149. The summed E-state index contributed by atoms with van der Waals surface area (Å²) in [4.78, 5) is 3.47. The van der Waals surface area contributed by atoms with Gasteiger partial charge in [-0.15, -0.1) is 0 Å². The molecule has 0 aliphatic carbocycles. The van der Waals surface area contributed by atoms with Gasteiger partial charge in [-0.2, -0.15) is 13.2 Å². The quantitative estimate of drug-likeness (QED) is 0.664. The van der Waals surface area contributed by atoms with Gasteiger partial charge >= 0.3 is 6.18 Å². The van der Waals surface area contributed by atoms with Crippen molar-refractivity contribution in [3.63, 3.8) is 0 Å². The maximum Gasteiger partial charge on any atom is 0.417 e. The fourth-order valence-electron chi connectivity index (χ4n) is 2.66. The molecule has 9 heteroatoms. The van der Waals surface area contributed by atoms with Crippen LogP contribution in [0, 0.1) is 0 Å². The molecule has 0 radical (unpaired) electrons. The number of hydrogen-bond acceptors (Lipinski definition) is 3. The van der Waals surface area contributed by atoms with Gasteiger partial charge < -0.3 is 4.57 Å². The Morgan fingerprint density at radius 1 is 1.04 bits per heavy atom. The molecule has 0 spiro atoms. The number of alkyl halides is 3. The first-order chi connectivity index (χ1) is 12.3. The number of fused-ring (bicyclic) bond motifs is 1. The normalized spacial score (nSPS) is 12.6. The Kier molecular flexibility index (Phi) is 5.01. The lowest BCUT2D eigenvalue weighted by Crippen LogP contribution is -2.27. The van der Waals surface area contributed by atoms with E-state index < -0.39 is 26.7 Å². The van der Waals surface area contributed by atoms with Crippen molar-refractivity contribution < 1.29 is 21.6 Å². The van der Waals surface area contributed by atoms with E-state index in [-0.39, 0.29) is 6.54 Å². The number of halogens is 3. The molecule has 0 aliphatic heterocycles. The van der Waals surface area contributed by atoms with E-state index >= 15 is 0 Å². The second-order valence-electron chi connectivity index (χ2n) is 5.67. The molecular formula is C17H16F3N3O2S. The number of aryl methyl sites for hydroxylation is 1. The van der Waals surface area contributed by atoms with E-state index in [2.05, 4.69) is 9.71 Å². The average molecular weight is 383 g/mol. The molecule has 0 saturated carbocycles. The number of sulfonamides is 1. The van der Waals surface area contributed by atoms with Crippen LogP contribution in [0.4, 0.5) is 13.2 Å². The van der Waals surface area contributed by atoms with Gasteiger partial charge in [-0.3, -0.25) is 0 Å². The first-order valence-electron chi connectivity index (χ1n) is 7.85. The highest BCUT2D eigenvalue weighted by Crippen LogP contribution is 2.33. The van der Waals surface area contributed by atoms with Crippen molar-refractivity contribution in [3.8, 4) is 0 Å². The van der Waals surface area contributed by atoms with Gasteiger partial charge in [0.05, 0.1) is 27.8 Å². The lowest BCUT2D eigenvalue weighted by atomic mass is 10.2. The zero-order valence-corrected chi connectivity index (χ0v) is 14.4. The van der Waals surface area contributed by atoms with Gasteiger partial charge in [-0.1, -0.05) is 24.3 Å². The van der Waals surface area contributed by atoms with Crippen molar-refractivity contribution in [3.05, 3.63) is 60.4 Å². The minimum Gasteiger partial charge on any atom is -0.331 e. The third-order valence-corrected chi connectivity index (χ3v) is 5.40. The smallest absolute Gasteiger partial charge is 0.331 e. The van der Waals surface area contributed by atoms with Crippen molar-refractivity contribution in [2.75, 3.05) is 6.54 Å². The van der Waals surface area contributed by atoms with Crippen LogP contribution in [0.5, 0.6) is 0 Å². The second kappa shape index (κ2) is 7.08. The zero-order chi connectivity index (χ0) is 18.8. The predicted octanol–water partition coefficient (Wildman–Crippen LogP) is 3.42. The summed E-state index contributed by atoms with van der Waals surface area (Å²) in [6.45, 7) is 0.505. The maximum atomic E-state index is 13.0. The van der Waals surface area contributed by atoms with E-state index in [9.17, 15) is 21.6 Å². The highest BCUT2D eigenvalue weighted by molar-refractivity contribution is 7.89. The molecule has 0 bridgehead atoms. The third kappa shape index (κ3) is 3.88. The van der Waals surface area contributed by atoms with Crippen LogP contribution in [0.1, 0.15) is 12.0 Å². The molecule has 1 N–H and O–H groups in total. The number of aromatic nitrogens is 2. The van der Waals surface area contributed by atoms with E-state index in [0.29, 0.717) is 13.0 Å². The Hall–Kier alpha value is -2.39. The average Bonchev–Trinajstić information content (AvgIpc) is 3.01. The predicted molar refractivity (Wildman–Crippen MR) is 91.0 cm³/mol. The van der Waals surface area contributed by atoms with Gasteiger partial charge in [-0.25, -0.2) is 18.1 Å². The Morgan fingerprint density at radius 3 is 2.50 bits per heavy atom. The topological polar surface area (TPSA) is 64.0 Å². The van der Waals surface area contributed by atoms with Crippen LogP contribution in [-0.2, 0) is 22.7 Å². The van der Waals surface area contributed by atoms with Gasteiger partial charge in [-0.05, 0) is 30.7 Å². The molecule has 138 valence electrons. The van der Waals surface area contributed by atoms with Crippen LogP contribution in [0.2, 0.25) is 0 Å². The van der Waals surface area contributed by atoms with E-state index in [1.807, 2.05) is 28.8 Å². The minimum atomic E-state index is -4.74. The van der Waals surface area contributed by atoms with Crippen molar-refractivity contribution >= 4 is 21.1 Å². The van der Waals surface area contributed by atoms with Gasteiger partial charge in [0.1, 0.15) is 0 Å². The molecule has 2 aromatic carbocycles. The summed E-state index contributed by atoms with van der Waals surface area (Å²) in [5, 5.41) is 0. The Morgan fingerprint density at radius 2 is 1.73 bits per heavy atom. The number of benzene rings is 2. The Labute approximate surface area is 148 Å². The van der Waals surface area contributed by atoms with Crippen molar-refractivity contribution in [1.82, 2.24) is 14.3 Å². The summed E-state index contributed by atoms with van der Waals surface area (Å²) in [5.41, 5.74) is 0.568. The molecular weight excluding hydrogens is 367 g/mol. The number of hydrogen-bond donors (Lipinski definition) is 1. The van der Waals surface area contributed by atoms with E-state index in [1.165, 1.54) is 6.07 Å². The molecule has 5 nitrogen and oxygen atoms in total. The first-order valence-corrected chi connectivity index (χ1v) is 9.33. The summed E-state index contributed by atoms with van der Waals surface area (Å²) >= 11 is 0. The molecule has 1 aromatic heterocycles. The first kappa shape index (κ1) is 18.4. The Bertz CT molecular complexity index is 1010. The van der Waals surface area contributed by atoms with Crippen LogP contribution in [-0.4, -0.2) is 24.5 Å². The SMILES string of the molecule is O=S(=O)(NCCCn1cnc2ccccc21)c1ccccc1C(F)(F)F. The van der Waals surface area contributed by atoms with E-state index in [4.69, 9.17) is 0 Å². The molecule has 0 saturated heterocycles. The fourth-order valence-corrected chi connectivity index (χ4v) is 3.96. The van der Waals surface area contributed by atoms with E-state index in [1.54, 1.807) is 6.33 Å². The zero-order valence-electron chi connectivity index (χ0n) is 13.6. The lowest BCUT2D eigenvalue weighted by molar-refractivity contribution is -0.139. The lowest BCUT2D eigenvalue weighted by Gasteiger charge is -2.13. The Balaban J connectivity index is 1.66. The molecule has 0 amide bonds. The summed E-state index contributed by atoms with van der Waals surface area (Å²) in [7, 11) is -4.25. The van der Waals surface area contributed by atoms with Gasteiger partial charge in [0, 0.05) is 13.1 Å². The number of nitrogens with one attached hydrogen (secondary N) is 1. The van der Waals surface area contributed by atoms with Crippen molar-refractivity contribution in [2.45, 2.75) is 24.0 Å². The van der Waals surface area contributed by atoms with Crippen LogP contribution in [0.25, 0.3) is 11.0 Å². The monoisotopic (exact) mass is 383 g/mol. The van der Waals surface area contributed by atoms with Gasteiger partial charge in [0.2, 0.25) is 10.0 Å². The molecule has 0 atom stereocenters. The van der Waals surface area contributed by atoms with Crippen molar-refractivity contribution in [1.29, 1.82) is 0 Å². The summed E-state index contributed by atoms with van der Waals surface area (Å²) in [5.74, 6) is 0. The molecule has 3 rings (SSSR count). The molecule has 3 aromatic rings. The number of rotatable bonds is 6. The van der Waals surface area contributed by atoms with Crippen LogP contribution >= 0.6 is 0 Å². The van der Waals surface area contributed by atoms with Crippen molar-refractivity contribution in [2.24, 2.45) is 0 Å². The van der Waals surface area contributed by atoms with Crippen LogP contribution in [0.15, 0.2) is 59.8 Å². The summed E-state index contributed by atoms with van der Waals surface area (Å²) in [6.07, 6.45) is -2.67. The fraction of sp³-hybridized carbons (Fsp3) is 0.235. The second-order valence-corrected chi connectivity index (χ2v) is 7.41. The standard InChI is InChI=1S/C17H16F3N3O2S/c18-17(19,20)13-6-1-4-9-16(13)26(24,25)22-10-5-11-23-12-21-14-7-2-3-8-15(14)23/h1-4,6-9,12,22H,5,10-11H2. The maximum absolute atomic E-state index is 13.0. The van der Waals surface area contributed by atoms with Gasteiger partial charge in [0.15, 0.2) is 0 Å². The summed E-state index contributed by atoms with van der Waals surface area (Å²) in [6, 6.07) is 11.6. The number of imidazole rings is 1. The third-order valence-electron chi connectivity index (χ3n) is 3.88. The molecule has 1 heterocycles. The summed E-state index contributed by atoms with van der Waals surface area (Å²) < 4.78 is 67.6. The number of para-hydroxylation sites is 2. The molecule has 26 heavy (non-hydrogen) atoms. The molecule has 0 aliphatic rings. The highest BCUT2D eigenvalue weighted by atomic mass is 32.2. The van der Waals surface area contributed by atoms with E-state index in [0.717, 1.165) is 29.2 Å². The van der Waals surface area contributed by atoms with Gasteiger partial charge in [0.25, 0.3) is 0 Å². The molecule has 0 unspecified atom stereocenters. The number of nitrogens with zero attached hydrogens (tertiary/aromatic N) is 2. The van der Waals surface area contributed by atoms with Crippen LogP contribution in [0.3, 0.4) is 0 Å². The highest BCUT2D eigenvalue weighted by Gasteiger charge is 2.36. The van der Waals surface area contributed by atoms with Crippen LogP contribution < -0.4 is 4.72 Å².